The second kappa shape index (κ2) is 6.79. The topological polar surface area (TPSA) is 17.8 Å². The summed E-state index contributed by atoms with van der Waals surface area (Å²) in [7, 11) is 0. The standard InChI is InChI=1S/C24H28N2S/c1-16(2)17-6-8-20-22(15-17)27-23(25-20)11-13-26-12-10-18-14-19(24(3,4)5)7-9-21(18)26/h6-10,12,14-16H,11,13H2,1-5H3. The van der Waals surface area contributed by atoms with Gasteiger partial charge in [0.15, 0.2) is 0 Å². The molecule has 0 atom stereocenters. The number of benzene rings is 2. The van der Waals surface area contributed by atoms with Crippen LogP contribution < -0.4 is 0 Å². The van der Waals surface area contributed by atoms with Gasteiger partial charge in [0.05, 0.1) is 15.2 Å². The molecule has 2 nitrogen and oxygen atoms in total. The first-order valence-corrected chi connectivity index (χ1v) is 10.6. The molecule has 140 valence electrons. The number of aryl methyl sites for hydroxylation is 2. The fourth-order valence-corrected chi connectivity index (χ4v) is 4.54. The summed E-state index contributed by atoms with van der Waals surface area (Å²) in [6.45, 7) is 12.3. The molecular weight excluding hydrogens is 348 g/mol. The van der Waals surface area contributed by atoms with Crippen molar-refractivity contribution in [2.24, 2.45) is 0 Å². The molecule has 0 unspecified atom stereocenters. The van der Waals surface area contributed by atoms with E-state index in [1.165, 1.54) is 31.7 Å². The number of hydrogen-bond donors (Lipinski definition) is 0. The Labute approximate surface area is 165 Å². The van der Waals surface area contributed by atoms with E-state index in [4.69, 9.17) is 4.98 Å². The van der Waals surface area contributed by atoms with Crippen molar-refractivity contribution in [1.29, 1.82) is 0 Å². The van der Waals surface area contributed by atoms with Gasteiger partial charge in [-0.2, -0.15) is 0 Å². The van der Waals surface area contributed by atoms with Crippen LogP contribution in [-0.4, -0.2) is 9.55 Å². The van der Waals surface area contributed by atoms with Crippen LogP contribution in [0.1, 0.15) is 56.7 Å². The fraction of sp³-hybridized carbons (Fsp3) is 0.375. The molecule has 3 heteroatoms. The first-order chi connectivity index (χ1) is 12.8. The summed E-state index contributed by atoms with van der Waals surface area (Å²) >= 11 is 1.84. The van der Waals surface area contributed by atoms with Gasteiger partial charge in [0.25, 0.3) is 0 Å². The first-order valence-electron chi connectivity index (χ1n) is 9.80. The number of fused-ring (bicyclic) bond motifs is 2. The van der Waals surface area contributed by atoms with Crippen LogP contribution in [0.4, 0.5) is 0 Å². The molecule has 2 aromatic carbocycles. The molecule has 4 rings (SSSR count). The van der Waals surface area contributed by atoms with Crippen LogP contribution in [0, 0.1) is 0 Å². The molecule has 0 fully saturated rings. The second-order valence-corrected chi connectivity index (χ2v) is 9.89. The van der Waals surface area contributed by atoms with Crippen LogP contribution in [0.25, 0.3) is 21.1 Å². The smallest absolute Gasteiger partial charge is 0.0956 e. The highest BCUT2D eigenvalue weighted by molar-refractivity contribution is 7.18. The summed E-state index contributed by atoms with van der Waals surface area (Å²) < 4.78 is 3.66. The van der Waals surface area contributed by atoms with Gasteiger partial charge in [-0.05, 0) is 58.2 Å². The largest absolute Gasteiger partial charge is 0.347 e. The van der Waals surface area contributed by atoms with E-state index in [1.807, 2.05) is 11.3 Å². The Balaban J connectivity index is 1.55. The third-order valence-electron chi connectivity index (χ3n) is 5.33. The minimum absolute atomic E-state index is 0.187. The molecule has 27 heavy (non-hydrogen) atoms. The Morgan fingerprint density at radius 2 is 1.85 bits per heavy atom. The lowest BCUT2D eigenvalue weighted by molar-refractivity contribution is 0.591. The number of hydrogen-bond acceptors (Lipinski definition) is 2. The average Bonchev–Trinajstić information content (AvgIpc) is 3.21. The number of nitrogens with zero attached hydrogens (tertiary/aromatic N) is 2. The van der Waals surface area contributed by atoms with E-state index in [0.29, 0.717) is 5.92 Å². The van der Waals surface area contributed by atoms with E-state index in [-0.39, 0.29) is 5.41 Å². The maximum absolute atomic E-state index is 4.84. The number of thiazole rings is 1. The molecule has 0 bridgehead atoms. The van der Waals surface area contributed by atoms with Crippen molar-refractivity contribution in [1.82, 2.24) is 9.55 Å². The third-order valence-corrected chi connectivity index (χ3v) is 6.40. The highest BCUT2D eigenvalue weighted by Crippen LogP contribution is 2.28. The molecule has 0 aliphatic rings. The van der Waals surface area contributed by atoms with Gasteiger partial charge in [-0.3, -0.25) is 0 Å². The normalized spacial score (nSPS) is 12.5. The monoisotopic (exact) mass is 376 g/mol. The van der Waals surface area contributed by atoms with E-state index in [0.717, 1.165) is 18.5 Å². The van der Waals surface area contributed by atoms with Gasteiger partial charge in [-0.15, -0.1) is 11.3 Å². The van der Waals surface area contributed by atoms with Crippen LogP contribution in [-0.2, 0) is 18.4 Å². The zero-order chi connectivity index (χ0) is 19.2. The Kier molecular flexibility index (Phi) is 4.59. The first kappa shape index (κ1) is 18.2. The van der Waals surface area contributed by atoms with Crippen LogP contribution in [0.3, 0.4) is 0 Å². The van der Waals surface area contributed by atoms with Gasteiger partial charge in [-0.1, -0.05) is 46.8 Å². The molecule has 0 saturated heterocycles. The molecule has 2 aromatic heterocycles. The van der Waals surface area contributed by atoms with E-state index < -0.39 is 0 Å². The molecule has 0 aliphatic heterocycles. The lowest BCUT2D eigenvalue weighted by Gasteiger charge is -2.19. The summed E-state index contributed by atoms with van der Waals surface area (Å²) in [6, 6.07) is 15.8. The van der Waals surface area contributed by atoms with Gasteiger partial charge in [0.2, 0.25) is 0 Å². The summed E-state index contributed by atoms with van der Waals surface area (Å²) in [5.74, 6) is 0.559. The molecule has 4 aromatic rings. The molecule has 0 saturated carbocycles. The molecule has 0 amide bonds. The highest BCUT2D eigenvalue weighted by atomic mass is 32.1. The minimum Gasteiger partial charge on any atom is -0.347 e. The Morgan fingerprint density at radius 1 is 1.04 bits per heavy atom. The second-order valence-electron chi connectivity index (χ2n) is 8.77. The maximum atomic E-state index is 4.84. The molecule has 2 heterocycles. The Hall–Kier alpha value is -2.13. The highest BCUT2D eigenvalue weighted by Gasteiger charge is 2.14. The lowest BCUT2D eigenvalue weighted by atomic mass is 9.86. The predicted octanol–water partition coefficient (Wildman–Crippen LogP) is 6.91. The van der Waals surface area contributed by atoms with E-state index in [2.05, 4.69) is 87.8 Å². The van der Waals surface area contributed by atoms with Crippen molar-refractivity contribution in [2.75, 3.05) is 0 Å². The van der Waals surface area contributed by atoms with E-state index in [9.17, 15) is 0 Å². The van der Waals surface area contributed by atoms with Crippen molar-refractivity contribution in [2.45, 2.75) is 58.9 Å². The fourth-order valence-electron chi connectivity index (χ4n) is 3.53. The lowest BCUT2D eigenvalue weighted by Crippen LogP contribution is -2.10. The summed E-state index contributed by atoms with van der Waals surface area (Å²) in [5, 5.41) is 2.55. The third kappa shape index (κ3) is 3.66. The quantitative estimate of drug-likeness (QED) is 0.378. The van der Waals surface area contributed by atoms with Crippen molar-refractivity contribution >= 4 is 32.5 Å². The zero-order valence-corrected chi connectivity index (χ0v) is 17.7. The Morgan fingerprint density at radius 3 is 2.59 bits per heavy atom. The van der Waals surface area contributed by atoms with Gasteiger partial charge in [0.1, 0.15) is 0 Å². The van der Waals surface area contributed by atoms with Crippen LogP contribution >= 0.6 is 11.3 Å². The summed E-state index contributed by atoms with van der Waals surface area (Å²) in [4.78, 5) is 4.84. The minimum atomic E-state index is 0.187. The van der Waals surface area contributed by atoms with Crippen LogP contribution in [0.2, 0.25) is 0 Å². The Bertz CT molecular complexity index is 1090. The van der Waals surface area contributed by atoms with E-state index >= 15 is 0 Å². The van der Waals surface area contributed by atoms with Crippen molar-refractivity contribution in [3.8, 4) is 0 Å². The van der Waals surface area contributed by atoms with Crippen LogP contribution in [0.15, 0.2) is 48.7 Å². The molecule has 0 radical (unpaired) electrons. The van der Waals surface area contributed by atoms with Crippen molar-refractivity contribution in [3.63, 3.8) is 0 Å². The van der Waals surface area contributed by atoms with Crippen LogP contribution in [0.5, 0.6) is 0 Å². The molecule has 0 spiro atoms. The van der Waals surface area contributed by atoms with Crippen molar-refractivity contribution < 1.29 is 0 Å². The molecule has 0 N–H and O–H groups in total. The number of rotatable bonds is 4. The molecular formula is C24H28N2S. The zero-order valence-electron chi connectivity index (χ0n) is 16.9. The SMILES string of the molecule is CC(C)c1ccc2nc(CCn3ccc4cc(C(C)(C)C)ccc43)sc2c1. The van der Waals surface area contributed by atoms with Crippen molar-refractivity contribution in [3.05, 3.63) is 64.8 Å². The van der Waals surface area contributed by atoms with E-state index in [1.54, 1.807) is 0 Å². The van der Waals surface area contributed by atoms with Gasteiger partial charge < -0.3 is 4.57 Å². The molecule has 0 aliphatic carbocycles. The average molecular weight is 377 g/mol. The van der Waals surface area contributed by atoms with Gasteiger partial charge in [0, 0.05) is 24.7 Å². The summed E-state index contributed by atoms with van der Waals surface area (Å²) in [6.07, 6.45) is 3.18. The van der Waals surface area contributed by atoms with Gasteiger partial charge in [-0.25, -0.2) is 4.98 Å². The predicted molar refractivity (Wildman–Crippen MR) is 118 cm³/mol. The summed E-state index contributed by atoms with van der Waals surface area (Å²) in [5.41, 5.74) is 5.41. The number of aromatic nitrogens is 2. The maximum Gasteiger partial charge on any atom is 0.0956 e. The van der Waals surface area contributed by atoms with Gasteiger partial charge >= 0.3 is 0 Å².